The Balaban J connectivity index is 1.95. The van der Waals surface area contributed by atoms with Crippen LogP contribution in [0.5, 0.6) is 0 Å². The maximum absolute atomic E-state index is 11.5. The predicted molar refractivity (Wildman–Crippen MR) is 66.7 cm³/mol. The summed E-state index contributed by atoms with van der Waals surface area (Å²) in [5.74, 6) is -0.421. The number of aromatic nitrogens is 2. The summed E-state index contributed by atoms with van der Waals surface area (Å²) in [5, 5.41) is 20.3. The average Bonchev–Trinajstić information content (AvgIpc) is 2.93. The summed E-state index contributed by atoms with van der Waals surface area (Å²) >= 11 is 0. The molecule has 0 unspecified atom stereocenters. The van der Waals surface area contributed by atoms with Gasteiger partial charge in [-0.05, 0) is 23.8 Å². The first-order valence-electron chi connectivity index (χ1n) is 5.24. The highest BCUT2D eigenvalue weighted by Gasteiger charge is 2.04. The minimum Gasteiger partial charge on any atom is -0.273 e. The topological polar surface area (TPSA) is 113 Å². The van der Waals surface area contributed by atoms with Gasteiger partial charge < -0.3 is 0 Å². The van der Waals surface area contributed by atoms with E-state index in [1.807, 2.05) is 0 Å². The highest BCUT2D eigenvalue weighted by molar-refractivity contribution is 5.92. The molecule has 19 heavy (non-hydrogen) atoms. The van der Waals surface area contributed by atoms with Crippen molar-refractivity contribution in [3.63, 3.8) is 0 Å². The van der Waals surface area contributed by atoms with Crippen LogP contribution in [-0.2, 0) is 0 Å². The Hall–Kier alpha value is -3.03. The zero-order chi connectivity index (χ0) is 13.7. The van der Waals surface area contributed by atoms with Gasteiger partial charge in [-0.3, -0.25) is 20.0 Å². The van der Waals surface area contributed by atoms with Crippen LogP contribution in [0.4, 0.5) is 5.69 Å². The lowest BCUT2D eigenvalue weighted by molar-refractivity contribution is -0.384. The van der Waals surface area contributed by atoms with Crippen molar-refractivity contribution in [3.05, 3.63) is 57.9 Å². The van der Waals surface area contributed by atoms with Crippen LogP contribution in [0.25, 0.3) is 0 Å². The minimum absolute atomic E-state index is 0.00125. The molecule has 0 saturated heterocycles. The Labute approximate surface area is 107 Å². The molecule has 96 valence electrons. The van der Waals surface area contributed by atoms with Crippen molar-refractivity contribution < 1.29 is 9.72 Å². The standard InChI is InChI=1S/C11H9N5O3/c17-11(10-5-6-12-14-10)15-13-7-8-1-3-9(4-2-8)16(18)19/h1-7H,(H,12,14)(H,15,17)/b13-7+. The van der Waals surface area contributed by atoms with E-state index in [0.717, 1.165) is 0 Å². The quantitative estimate of drug-likeness (QED) is 0.485. The molecule has 0 radical (unpaired) electrons. The first kappa shape index (κ1) is 12.4. The number of amides is 1. The molecule has 0 saturated carbocycles. The second-order valence-corrected chi connectivity index (χ2v) is 3.52. The molecular formula is C11H9N5O3. The Morgan fingerprint density at radius 3 is 2.68 bits per heavy atom. The molecule has 2 N–H and O–H groups in total. The minimum atomic E-state index is -0.485. The number of nitro benzene ring substituents is 1. The van der Waals surface area contributed by atoms with Gasteiger partial charge in [-0.2, -0.15) is 10.2 Å². The van der Waals surface area contributed by atoms with E-state index in [1.165, 1.54) is 42.7 Å². The van der Waals surface area contributed by atoms with Crippen LogP contribution < -0.4 is 5.43 Å². The monoisotopic (exact) mass is 259 g/mol. The third kappa shape index (κ3) is 3.22. The Morgan fingerprint density at radius 2 is 2.11 bits per heavy atom. The highest BCUT2D eigenvalue weighted by Crippen LogP contribution is 2.10. The normalized spacial score (nSPS) is 10.5. The summed E-state index contributed by atoms with van der Waals surface area (Å²) in [6.07, 6.45) is 2.84. The molecule has 0 aliphatic carbocycles. The maximum atomic E-state index is 11.5. The van der Waals surface area contributed by atoms with Gasteiger partial charge in [-0.15, -0.1) is 0 Å². The number of benzene rings is 1. The second kappa shape index (κ2) is 5.54. The number of non-ortho nitro benzene ring substituents is 1. The van der Waals surface area contributed by atoms with E-state index in [4.69, 9.17) is 0 Å². The van der Waals surface area contributed by atoms with Crippen LogP contribution in [0.2, 0.25) is 0 Å². The number of rotatable bonds is 4. The van der Waals surface area contributed by atoms with E-state index in [0.29, 0.717) is 11.3 Å². The van der Waals surface area contributed by atoms with Gasteiger partial charge in [-0.25, -0.2) is 5.43 Å². The van der Waals surface area contributed by atoms with Gasteiger partial charge in [0, 0.05) is 18.3 Å². The fourth-order valence-corrected chi connectivity index (χ4v) is 1.29. The van der Waals surface area contributed by atoms with E-state index in [1.54, 1.807) is 0 Å². The molecule has 1 aromatic heterocycles. The maximum Gasteiger partial charge on any atom is 0.289 e. The Kier molecular flexibility index (Phi) is 3.62. The zero-order valence-electron chi connectivity index (χ0n) is 9.61. The van der Waals surface area contributed by atoms with Crippen LogP contribution in [0.15, 0.2) is 41.6 Å². The molecule has 1 heterocycles. The number of H-pyrrole nitrogens is 1. The molecule has 1 amide bonds. The van der Waals surface area contributed by atoms with E-state index < -0.39 is 10.8 Å². The highest BCUT2D eigenvalue weighted by atomic mass is 16.6. The van der Waals surface area contributed by atoms with Gasteiger partial charge in [0.25, 0.3) is 11.6 Å². The Bertz CT molecular complexity index is 604. The summed E-state index contributed by atoms with van der Waals surface area (Å²) in [6.45, 7) is 0. The second-order valence-electron chi connectivity index (χ2n) is 3.52. The third-order valence-corrected chi connectivity index (χ3v) is 2.23. The Morgan fingerprint density at radius 1 is 1.37 bits per heavy atom. The fraction of sp³-hybridized carbons (Fsp3) is 0. The molecule has 0 aliphatic heterocycles. The number of aromatic amines is 1. The molecule has 1 aromatic carbocycles. The van der Waals surface area contributed by atoms with Crippen molar-refractivity contribution >= 4 is 17.8 Å². The number of hydrogen-bond donors (Lipinski definition) is 2. The third-order valence-electron chi connectivity index (χ3n) is 2.23. The van der Waals surface area contributed by atoms with E-state index in [-0.39, 0.29) is 5.69 Å². The molecule has 0 atom stereocenters. The molecule has 0 bridgehead atoms. The number of carbonyl (C=O) groups excluding carboxylic acids is 1. The van der Waals surface area contributed by atoms with Gasteiger partial charge in [-0.1, -0.05) is 0 Å². The van der Waals surface area contributed by atoms with Crippen molar-refractivity contribution in [1.82, 2.24) is 15.6 Å². The van der Waals surface area contributed by atoms with Crippen molar-refractivity contribution in [2.75, 3.05) is 0 Å². The SMILES string of the molecule is O=C(N/N=C/c1ccc([N+](=O)[O-])cc1)c1ccn[nH]1. The van der Waals surface area contributed by atoms with Crippen LogP contribution in [-0.4, -0.2) is 27.2 Å². The van der Waals surface area contributed by atoms with Crippen LogP contribution >= 0.6 is 0 Å². The molecule has 0 fully saturated rings. The number of hydrogen-bond acceptors (Lipinski definition) is 5. The summed E-state index contributed by atoms with van der Waals surface area (Å²) in [7, 11) is 0. The first-order chi connectivity index (χ1) is 9.16. The fourth-order valence-electron chi connectivity index (χ4n) is 1.29. The zero-order valence-corrected chi connectivity index (χ0v) is 9.61. The molecule has 0 aliphatic rings. The van der Waals surface area contributed by atoms with Gasteiger partial charge in [0.2, 0.25) is 0 Å². The molecule has 8 nitrogen and oxygen atoms in total. The van der Waals surface area contributed by atoms with E-state index >= 15 is 0 Å². The molecule has 2 rings (SSSR count). The molecule has 0 spiro atoms. The van der Waals surface area contributed by atoms with Crippen LogP contribution in [0, 0.1) is 10.1 Å². The average molecular weight is 259 g/mol. The largest absolute Gasteiger partial charge is 0.289 e. The van der Waals surface area contributed by atoms with Gasteiger partial charge in [0.15, 0.2) is 0 Å². The van der Waals surface area contributed by atoms with Crippen molar-refractivity contribution in [1.29, 1.82) is 0 Å². The number of nitro groups is 1. The summed E-state index contributed by atoms with van der Waals surface area (Å²) in [4.78, 5) is 21.4. The van der Waals surface area contributed by atoms with Crippen LogP contribution in [0.3, 0.4) is 0 Å². The number of nitrogens with zero attached hydrogens (tertiary/aromatic N) is 3. The predicted octanol–water partition coefficient (Wildman–Crippen LogP) is 1.08. The first-order valence-corrected chi connectivity index (χ1v) is 5.24. The van der Waals surface area contributed by atoms with Gasteiger partial charge >= 0.3 is 0 Å². The van der Waals surface area contributed by atoms with Crippen molar-refractivity contribution in [2.24, 2.45) is 5.10 Å². The van der Waals surface area contributed by atoms with Crippen LogP contribution in [0.1, 0.15) is 16.1 Å². The van der Waals surface area contributed by atoms with Gasteiger partial charge in [0.1, 0.15) is 5.69 Å². The summed E-state index contributed by atoms with van der Waals surface area (Å²) in [6, 6.07) is 7.29. The summed E-state index contributed by atoms with van der Waals surface area (Å²) in [5.41, 5.74) is 3.22. The summed E-state index contributed by atoms with van der Waals surface area (Å²) < 4.78 is 0. The lowest BCUT2D eigenvalue weighted by Gasteiger charge is -1.96. The smallest absolute Gasteiger partial charge is 0.273 e. The van der Waals surface area contributed by atoms with E-state index in [2.05, 4.69) is 20.7 Å². The van der Waals surface area contributed by atoms with Crippen molar-refractivity contribution in [2.45, 2.75) is 0 Å². The molecule has 8 heteroatoms. The molecule has 2 aromatic rings. The van der Waals surface area contributed by atoms with Gasteiger partial charge in [0.05, 0.1) is 11.1 Å². The lowest BCUT2D eigenvalue weighted by Crippen LogP contribution is -2.17. The molecular weight excluding hydrogens is 250 g/mol. The van der Waals surface area contributed by atoms with E-state index in [9.17, 15) is 14.9 Å². The number of carbonyl (C=O) groups is 1. The number of hydrazone groups is 1. The van der Waals surface area contributed by atoms with Crippen molar-refractivity contribution in [3.8, 4) is 0 Å². The lowest BCUT2D eigenvalue weighted by atomic mass is 10.2. The number of nitrogens with one attached hydrogen (secondary N) is 2.